The summed E-state index contributed by atoms with van der Waals surface area (Å²) in [5.74, 6) is -0.310. The van der Waals surface area contributed by atoms with Crippen molar-refractivity contribution in [2.24, 2.45) is 5.10 Å². The Morgan fingerprint density at radius 1 is 1.04 bits per heavy atom. The van der Waals surface area contributed by atoms with Crippen LogP contribution in [0.4, 0.5) is 10.1 Å². The molecule has 0 saturated carbocycles. The first-order valence-corrected chi connectivity index (χ1v) is 14.5. The molecule has 2 aromatic heterocycles. The number of fused-ring (bicyclic) bond motifs is 2. The fraction of sp³-hybridized carbons (Fsp3) is 0.0909. The number of para-hydroxylation sites is 2. The highest BCUT2D eigenvalue weighted by Gasteiger charge is 2.18. The van der Waals surface area contributed by atoms with Gasteiger partial charge in [-0.25, -0.2) is 9.37 Å². The lowest BCUT2D eigenvalue weighted by atomic mass is 10.2. The van der Waals surface area contributed by atoms with Crippen molar-refractivity contribution < 1.29 is 23.1 Å². The van der Waals surface area contributed by atoms with Gasteiger partial charge < -0.3 is 19.2 Å². The van der Waals surface area contributed by atoms with Crippen LogP contribution < -0.4 is 20.3 Å². The summed E-state index contributed by atoms with van der Waals surface area (Å²) >= 11 is 12.7. The highest BCUT2D eigenvalue weighted by molar-refractivity contribution is 6.32. The first-order valence-electron chi connectivity index (χ1n) is 13.7. The number of carbonyl (C=O) groups excluding carboxylic acids is 1. The van der Waals surface area contributed by atoms with Crippen molar-refractivity contribution in [2.75, 3.05) is 18.5 Å². The van der Waals surface area contributed by atoms with Crippen molar-refractivity contribution in [1.29, 1.82) is 0 Å². The fourth-order valence-corrected chi connectivity index (χ4v) is 5.05. The quantitative estimate of drug-likeness (QED) is 0.163. The molecule has 1 amide bonds. The van der Waals surface area contributed by atoms with E-state index in [-0.39, 0.29) is 34.6 Å². The molecule has 2 heterocycles. The lowest BCUT2D eigenvalue weighted by Crippen LogP contribution is -2.21. The lowest BCUT2D eigenvalue weighted by molar-refractivity contribution is -0.118. The standard InChI is InChI=1S/C33H23Cl2FN4O5/c1-2-43-28-14-19(13-23(35)31(28)44-18-30(41)38-26-10-6-4-8-24(26)36)17-37-40-32(39-25-9-5-3-7-22(25)33(40)42)29-16-20-15-21(34)11-12-27(20)45-29/h3-17H,2,18H2,1H3,(H,38,41). The molecule has 0 atom stereocenters. The smallest absolute Gasteiger partial charge is 0.282 e. The molecule has 45 heavy (non-hydrogen) atoms. The van der Waals surface area contributed by atoms with Crippen LogP contribution in [0, 0.1) is 5.82 Å². The first kappa shape index (κ1) is 29.9. The molecule has 0 radical (unpaired) electrons. The van der Waals surface area contributed by atoms with Gasteiger partial charge in [0.1, 0.15) is 11.4 Å². The van der Waals surface area contributed by atoms with E-state index in [9.17, 15) is 14.0 Å². The number of nitrogens with one attached hydrogen (secondary N) is 1. The summed E-state index contributed by atoms with van der Waals surface area (Å²) in [4.78, 5) is 30.7. The van der Waals surface area contributed by atoms with Crippen molar-refractivity contribution >= 4 is 62.9 Å². The molecule has 0 unspecified atom stereocenters. The number of hydrogen-bond acceptors (Lipinski definition) is 7. The molecule has 9 nitrogen and oxygen atoms in total. The Bertz CT molecular complexity index is 2160. The molecule has 4 aromatic carbocycles. The Balaban J connectivity index is 1.33. The Hall–Kier alpha value is -5.19. The van der Waals surface area contributed by atoms with Crippen molar-refractivity contribution in [3.8, 4) is 23.1 Å². The largest absolute Gasteiger partial charge is 0.490 e. The summed E-state index contributed by atoms with van der Waals surface area (Å²) in [6.45, 7) is 1.59. The van der Waals surface area contributed by atoms with Gasteiger partial charge in [-0.1, -0.05) is 47.5 Å². The maximum atomic E-state index is 13.9. The SMILES string of the molecule is CCOc1cc(C=Nn2c(-c3cc4cc(Cl)ccc4o3)nc3ccccc3c2=O)cc(Cl)c1OCC(=O)Nc1ccccc1F. The Kier molecular flexibility index (Phi) is 8.50. The minimum Gasteiger partial charge on any atom is -0.490 e. The number of halogens is 3. The second-order valence-electron chi connectivity index (χ2n) is 9.69. The van der Waals surface area contributed by atoms with E-state index in [1.165, 1.54) is 24.4 Å². The number of ether oxygens (including phenoxy) is 2. The molecule has 0 aliphatic carbocycles. The Morgan fingerprint density at radius 2 is 1.84 bits per heavy atom. The number of benzene rings is 4. The molecule has 0 fully saturated rings. The molecule has 0 saturated heterocycles. The maximum absolute atomic E-state index is 13.9. The lowest BCUT2D eigenvalue weighted by Gasteiger charge is -2.14. The number of amides is 1. The van der Waals surface area contributed by atoms with Gasteiger partial charge in [-0.3, -0.25) is 9.59 Å². The Morgan fingerprint density at radius 3 is 2.67 bits per heavy atom. The van der Waals surface area contributed by atoms with Gasteiger partial charge in [0.2, 0.25) is 5.82 Å². The van der Waals surface area contributed by atoms with Crippen LogP contribution >= 0.6 is 23.2 Å². The molecule has 6 aromatic rings. The third kappa shape index (κ3) is 6.38. The summed E-state index contributed by atoms with van der Waals surface area (Å²) in [6.07, 6.45) is 1.42. The molecular weight excluding hydrogens is 622 g/mol. The van der Waals surface area contributed by atoms with Crippen molar-refractivity contribution in [3.05, 3.63) is 117 Å². The predicted molar refractivity (Wildman–Crippen MR) is 172 cm³/mol. The summed E-state index contributed by atoms with van der Waals surface area (Å²) in [7, 11) is 0. The third-order valence-electron chi connectivity index (χ3n) is 6.60. The number of carbonyl (C=O) groups is 1. The van der Waals surface area contributed by atoms with Gasteiger partial charge in [-0.15, -0.1) is 0 Å². The zero-order valence-corrected chi connectivity index (χ0v) is 25.1. The zero-order chi connectivity index (χ0) is 31.5. The third-order valence-corrected chi connectivity index (χ3v) is 7.12. The predicted octanol–water partition coefficient (Wildman–Crippen LogP) is 7.55. The van der Waals surface area contributed by atoms with Gasteiger partial charge in [0.05, 0.1) is 34.4 Å². The number of rotatable bonds is 9. The van der Waals surface area contributed by atoms with Crippen molar-refractivity contribution in [3.63, 3.8) is 0 Å². The van der Waals surface area contributed by atoms with E-state index in [2.05, 4.69) is 15.4 Å². The van der Waals surface area contributed by atoms with Gasteiger partial charge in [-0.2, -0.15) is 9.78 Å². The summed E-state index contributed by atoms with van der Waals surface area (Å²) in [5, 5.41) is 8.68. The van der Waals surface area contributed by atoms with Crippen LogP contribution in [-0.4, -0.2) is 35.0 Å². The van der Waals surface area contributed by atoms with Crippen LogP contribution in [0.3, 0.4) is 0 Å². The van der Waals surface area contributed by atoms with Crippen LogP contribution in [0.15, 0.2) is 99.2 Å². The summed E-state index contributed by atoms with van der Waals surface area (Å²) in [6, 6.07) is 22.8. The van der Waals surface area contributed by atoms with E-state index >= 15 is 0 Å². The molecule has 0 bridgehead atoms. The van der Waals surface area contributed by atoms with Gasteiger partial charge in [0.25, 0.3) is 11.5 Å². The van der Waals surface area contributed by atoms with E-state index in [1.807, 2.05) is 0 Å². The van der Waals surface area contributed by atoms with Gasteiger partial charge in [-0.05, 0) is 73.2 Å². The normalized spacial score (nSPS) is 11.4. The topological polar surface area (TPSA) is 108 Å². The maximum Gasteiger partial charge on any atom is 0.282 e. The summed E-state index contributed by atoms with van der Waals surface area (Å²) < 4.78 is 32.5. The van der Waals surface area contributed by atoms with Gasteiger partial charge in [0.15, 0.2) is 23.9 Å². The van der Waals surface area contributed by atoms with E-state index < -0.39 is 23.9 Å². The molecule has 12 heteroatoms. The number of hydrogen-bond donors (Lipinski definition) is 1. The molecule has 0 spiro atoms. The van der Waals surface area contributed by atoms with Crippen LogP contribution in [0.5, 0.6) is 11.5 Å². The minimum atomic E-state index is -0.590. The average Bonchev–Trinajstić information content (AvgIpc) is 3.44. The van der Waals surface area contributed by atoms with E-state index in [0.29, 0.717) is 32.8 Å². The number of furan rings is 1. The average molecular weight is 645 g/mol. The first-order chi connectivity index (χ1) is 21.8. The molecule has 226 valence electrons. The number of aromatic nitrogens is 2. The van der Waals surface area contributed by atoms with Gasteiger partial charge >= 0.3 is 0 Å². The van der Waals surface area contributed by atoms with Crippen LogP contribution in [-0.2, 0) is 4.79 Å². The summed E-state index contributed by atoms with van der Waals surface area (Å²) in [5.41, 5.74) is 1.12. The van der Waals surface area contributed by atoms with Crippen LogP contribution in [0.1, 0.15) is 12.5 Å². The van der Waals surface area contributed by atoms with E-state index in [0.717, 1.165) is 10.1 Å². The molecular formula is C33H23Cl2FN4O5. The number of nitrogens with zero attached hydrogens (tertiary/aromatic N) is 3. The second-order valence-corrected chi connectivity index (χ2v) is 10.5. The van der Waals surface area contributed by atoms with E-state index in [1.54, 1.807) is 73.7 Å². The zero-order valence-electron chi connectivity index (χ0n) is 23.6. The molecule has 0 aliphatic rings. The van der Waals surface area contributed by atoms with Crippen molar-refractivity contribution in [2.45, 2.75) is 6.92 Å². The molecule has 6 rings (SSSR count). The second kappa shape index (κ2) is 12.8. The van der Waals surface area contributed by atoms with Crippen LogP contribution in [0.2, 0.25) is 10.0 Å². The number of anilines is 1. The van der Waals surface area contributed by atoms with Crippen molar-refractivity contribution in [1.82, 2.24) is 9.66 Å². The monoisotopic (exact) mass is 644 g/mol. The van der Waals surface area contributed by atoms with E-state index in [4.69, 9.17) is 37.1 Å². The highest BCUT2D eigenvalue weighted by Crippen LogP contribution is 2.36. The van der Waals surface area contributed by atoms with Crippen LogP contribution in [0.25, 0.3) is 33.5 Å². The molecule has 1 N–H and O–H groups in total. The molecule has 0 aliphatic heterocycles. The van der Waals surface area contributed by atoms with Gasteiger partial charge in [0, 0.05) is 10.4 Å². The highest BCUT2D eigenvalue weighted by atomic mass is 35.5. The Labute approximate surface area is 265 Å². The minimum absolute atomic E-state index is 0.0259. The fourth-order valence-electron chi connectivity index (χ4n) is 4.59.